The molecule has 0 unspecified atom stereocenters. The molecule has 0 radical (unpaired) electrons. The third-order valence-corrected chi connectivity index (χ3v) is 2.64. The van der Waals surface area contributed by atoms with Crippen LogP contribution in [0.2, 0.25) is 0 Å². The van der Waals surface area contributed by atoms with Crippen molar-refractivity contribution in [3.8, 4) is 0 Å². The van der Waals surface area contributed by atoms with E-state index in [0.717, 1.165) is 18.1 Å². The Hall–Kier alpha value is -1.84. The standard InChI is InChI=1S/C16H19NO2/c1-17-12-15-9-10-16(19-15)13-18-11-5-8-14-6-3-2-4-7-14/h2-10,17H,11-13H2,1H3/b8-5+. The molecule has 0 aliphatic carbocycles. The molecule has 0 saturated heterocycles. The predicted octanol–water partition coefficient (Wildman–Crippen LogP) is 3.23. The number of hydrogen-bond acceptors (Lipinski definition) is 3. The van der Waals surface area contributed by atoms with Gasteiger partial charge in [0.25, 0.3) is 0 Å². The predicted molar refractivity (Wildman–Crippen MR) is 76.6 cm³/mol. The van der Waals surface area contributed by atoms with Crippen LogP contribution in [0.5, 0.6) is 0 Å². The number of benzene rings is 1. The van der Waals surface area contributed by atoms with Gasteiger partial charge in [0.05, 0.1) is 13.2 Å². The minimum atomic E-state index is 0.503. The molecule has 2 rings (SSSR count). The van der Waals surface area contributed by atoms with E-state index in [1.807, 2.05) is 43.5 Å². The highest BCUT2D eigenvalue weighted by Crippen LogP contribution is 2.09. The van der Waals surface area contributed by atoms with Gasteiger partial charge in [-0.05, 0) is 24.7 Å². The Morgan fingerprint density at radius 2 is 1.89 bits per heavy atom. The molecular weight excluding hydrogens is 238 g/mol. The Balaban J connectivity index is 1.70. The Kier molecular flexibility index (Phi) is 5.41. The molecule has 1 aromatic carbocycles. The summed E-state index contributed by atoms with van der Waals surface area (Å²) >= 11 is 0. The Morgan fingerprint density at radius 1 is 1.11 bits per heavy atom. The fourth-order valence-corrected chi connectivity index (χ4v) is 1.75. The Morgan fingerprint density at radius 3 is 2.68 bits per heavy atom. The summed E-state index contributed by atoms with van der Waals surface area (Å²) in [6.07, 6.45) is 4.06. The van der Waals surface area contributed by atoms with Gasteiger partial charge in [-0.25, -0.2) is 0 Å². The van der Waals surface area contributed by atoms with Gasteiger partial charge in [0.1, 0.15) is 18.1 Å². The Labute approximate surface area is 113 Å². The van der Waals surface area contributed by atoms with Crippen molar-refractivity contribution in [1.82, 2.24) is 5.32 Å². The maximum absolute atomic E-state index is 5.58. The Bertz CT molecular complexity index is 502. The molecule has 1 N–H and O–H groups in total. The van der Waals surface area contributed by atoms with Gasteiger partial charge in [-0.1, -0.05) is 42.5 Å². The van der Waals surface area contributed by atoms with Gasteiger partial charge in [0, 0.05) is 0 Å². The van der Waals surface area contributed by atoms with Gasteiger partial charge in [-0.2, -0.15) is 0 Å². The van der Waals surface area contributed by atoms with Crippen LogP contribution < -0.4 is 5.32 Å². The lowest BCUT2D eigenvalue weighted by Crippen LogP contribution is -2.03. The van der Waals surface area contributed by atoms with Crippen molar-refractivity contribution >= 4 is 6.08 Å². The summed E-state index contributed by atoms with van der Waals surface area (Å²) in [5, 5.41) is 3.05. The van der Waals surface area contributed by atoms with Crippen molar-refractivity contribution in [2.24, 2.45) is 0 Å². The fourth-order valence-electron chi connectivity index (χ4n) is 1.75. The monoisotopic (exact) mass is 257 g/mol. The third kappa shape index (κ3) is 4.73. The second kappa shape index (κ2) is 7.56. The summed E-state index contributed by atoms with van der Waals surface area (Å²) in [7, 11) is 1.90. The van der Waals surface area contributed by atoms with E-state index in [1.54, 1.807) is 0 Å². The molecule has 3 nitrogen and oxygen atoms in total. The lowest BCUT2D eigenvalue weighted by atomic mass is 10.2. The van der Waals surface area contributed by atoms with Crippen LogP contribution in [0.4, 0.5) is 0 Å². The van der Waals surface area contributed by atoms with Crippen molar-refractivity contribution in [2.75, 3.05) is 13.7 Å². The second-order valence-corrected chi connectivity index (χ2v) is 4.23. The van der Waals surface area contributed by atoms with E-state index in [0.29, 0.717) is 13.2 Å². The average molecular weight is 257 g/mol. The summed E-state index contributed by atoms with van der Waals surface area (Å²) < 4.78 is 11.1. The maximum Gasteiger partial charge on any atom is 0.129 e. The molecule has 2 aromatic rings. The van der Waals surface area contributed by atoms with E-state index in [1.165, 1.54) is 5.56 Å². The number of nitrogens with one attached hydrogen (secondary N) is 1. The summed E-state index contributed by atoms with van der Waals surface area (Å²) in [5.74, 6) is 1.79. The van der Waals surface area contributed by atoms with E-state index >= 15 is 0 Å². The normalized spacial score (nSPS) is 11.2. The van der Waals surface area contributed by atoms with E-state index in [9.17, 15) is 0 Å². The van der Waals surface area contributed by atoms with Crippen molar-refractivity contribution in [3.63, 3.8) is 0 Å². The zero-order valence-corrected chi connectivity index (χ0v) is 11.1. The quantitative estimate of drug-likeness (QED) is 0.773. The summed E-state index contributed by atoms with van der Waals surface area (Å²) in [4.78, 5) is 0. The number of hydrogen-bond donors (Lipinski definition) is 1. The molecule has 19 heavy (non-hydrogen) atoms. The SMILES string of the molecule is CNCc1ccc(COC/C=C/c2ccccc2)o1. The largest absolute Gasteiger partial charge is 0.462 e. The van der Waals surface area contributed by atoms with E-state index in [4.69, 9.17) is 9.15 Å². The van der Waals surface area contributed by atoms with Crippen LogP contribution in [-0.2, 0) is 17.9 Å². The topological polar surface area (TPSA) is 34.4 Å². The second-order valence-electron chi connectivity index (χ2n) is 4.23. The minimum absolute atomic E-state index is 0.503. The molecule has 0 bridgehead atoms. The molecule has 0 atom stereocenters. The molecule has 3 heteroatoms. The highest BCUT2D eigenvalue weighted by Gasteiger charge is 2.00. The highest BCUT2D eigenvalue weighted by atomic mass is 16.5. The first-order valence-corrected chi connectivity index (χ1v) is 6.40. The molecule has 0 amide bonds. The molecule has 1 heterocycles. The van der Waals surface area contributed by atoms with E-state index in [2.05, 4.69) is 23.5 Å². The lowest BCUT2D eigenvalue weighted by Gasteiger charge is -1.98. The van der Waals surface area contributed by atoms with Crippen LogP contribution in [0.1, 0.15) is 17.1 Å². The van der Waals surface area contributed by atoms with Crippen LogP contribution in [0, 0.1) is 0 Å². The van der Waals surface area contributed by atoms with Gasteiger partial charge in [-0.15, -0.1) is 0 Å². The van der Waals surface area contributed by atoms with Crippen LogP contribution in [-0.4, -0.2) is 13.7 Å². The lowest BCUT2D eigenvalue weighted by molar-refractivity contribution is 0.130. The van der Waals surface area contributed by atoms with Crippen molar-refractivity contribution < 1.29 is 9.15 Å². The van der Waals surface area contributed by atoms with Crippen molar-refractivity contribution in [2.45, 2.75) is 13.2 Å². The molecule has 0 fully saturated rings. The first-order chi connectivity index (χ1) is 9.38. The summed E-state index contributed by atoms with van der Waals surface area (Å²) in [5.41, 5.74) is 1.18. The molecule has 0 aliphatic heterocycles. The van der Waals surface area contributed by atoms with Gasteiger partial charge in [0.2, 0.25) is 0 Å². The van der Waals surface area contributed by atoms with Crippen LogP contribution in [0.3, 0.4) is 0 Å². The molecule has 100 valence electrons. The molecular formula is C16H19NO2. The first-order valence-electron chi connectivity index (χ1n) is 6.40. The van der Waals surface area contributed by atoms with Crippen molar-refractivity contribution in [3.05, 3.63) is 65.6 Å². The number of ether oxygens (including phenoxy) is 1. The number of rotatable bonds is 7. The van der Waals surface area contributed by atoms with Gasteiger partial charge in [0.15, 0.2) is 0 Å². The molecule has 0 aliphatic rings. The first kappa shape index (κ1) is 13.6. The van der Waals surface area contributed by atoms with Crippen molar-refractivity contribution in [1.29, 1.82) is 0 Å². The maximum atomic E-state index is 5.58. The van der Waals surface area contributed by atoms with Gasteiger partial charge >= 0.3 is 0 Å². The molecule has 1 aromatic heterocycles. The zero-order chi connectivity index (χ0) is 13.3. The van der Waals surface area contributed by atoms with Crippen LogP contribution in [0.15, 0.2) is 53.0 Å². The highest BCUT2D eigenvalue weighted by molar-refractivity contribution is 5.48. The zero-order valence-electron chi connectivity index (χ0n) is 11.1. The third-order valence-electron chi connectivity index (χ3n) is 2.64. The minimum Gasteiger partial charge on any atom is -0.462 e. The molecule has 0 spiro atoms. The van der Waals surface area contributed by atoms with Crippen LogP contribution in [0.25, 0.3) is 6.08 Å². The van der Waals surface area contributed by atoms with Crippen LogP contribution >= 0.6 is 0 Å². The molecule has 0 saturated carbocycles. The average Bonchev–Trinajstić information content (AvgIpc) is 2.88. The number of furan rings is 1. The van der Waals surface area contributed by atoms with E-state index in [-0.39, 0.29) is 0 Å². The smallest absolute Gasteiger partial charge is 0.129 e. The summed E-state index contributed by atoms with van der Waals surface area (Å²) in [6.45, 7) is 1.83. The summed E-state index contributed by atoms with van der Waals surface area (Å²) in [6, 6.07) is 14.1. The van der Waals surface area contributed by atoms with Gasteiger partial charge < -0.3 is 14.5 Å². The van der Waals surface area contributed by atoms with E-state index < -0.39 is 0 Å². The van der Waals surface area contributed by atoms with Gasteiger partial charge in [-0.3, -0.25) is 0 Å². The fraction of sp³-hybridized carbons (Fsp3) is 0.250.